The first kappa shape index (κ1) is 29.2. The van der Waals surface area contributed by atoms with Crippen LogP contribution in [0.4, 0.5) is 24.5 Å². The largest absolute Gasteiger partial charge is 0.490 e. The van der Waals surface area contributed by atoms with Gasteiger partial charge in [0.2, 0.25) is 0 Å². The second kappa shape index (κ2) is 11.8. The summed E-state index contributed by atoms with van der Waals surface area (Å²) in [5, 5.41) is 16.8. The topological polar surface area (TPSA) is 124 Å². The van der Waals surface area contributed by atoms with Gasteiger partial charge in [0.05, 0.1) is 16.1 Å². The Kier molecular flexibility index (Phi) is 9.29. The highest BCUT2D eigenvalue weighted by atomic mass is 32.2. The first-order chi connectivity index (χ1) is 17.1. The molecule has 0 spiro atoms. The Hall–Kier alpha value is -4.06. The third-order valence-electron chi connectivity index (χ3n) is 5.02. The molecule has 3 aromatic carbocycles. The normalized spacial score (nSPS) is 11.2. The van der Waals surface area contributed by atoms with Gasteiger partial charge in [-0.1, -0.05) is 48.0 Å². The van der Waals surface area contributed by atoms with Crippen molar-refractivity contribution < 1.29 is 41.4 Å². The highest BCUT2D eigenvalue weighted by molar-refractivity contribution is 7.92. The first-order valence-electron chi connectivity index (χ1n) is 10.6. The van der Waals surface area contributed by atoms with Crippen molar-refractivity contribution in [1.82, 2.24) is 0 Å². The minimum atomic E-state index is -5.08. The number of aliphatic carboxylic acids is 1. The average molecular weight is 539 g/mol. The maximum absolute atomic E-state index is 12.8. The Bertz CT molecular complexity index is 1380. The molecule has 0 saturated carbocycles. The summed E-state index contributed by atoms with van der Waals surface area (Å²) < 4.78 is 59.8. The molecule has 0 saturated heterocycles. The van der Waals surface area contributed by atoms with E-state index in [1.165, 1.54) is 6.07 Å². The zero-order valence-corrected chi connectivity index (χ0v) is 20.9. The van der Waals surface area contributed by atoms with E-state index < -0.39 is 28.1 Å². The highest BCUT2D eigenvalue weighted by Crippen LogP contribution is 2.27. The standard InChI is InChI=1S/C23H24N2O4S.C2HF3O2/c1-16-9-12-22(17(2)13-16)30(28,29)24-19-10-11-21(20(14-19)23(26)27)25(3)15-18-7-5-4-6-8-18;3-2(4,5)1(6)7/h4-14,24H,15H2,1-3H3,(H,26,27);(H,6,7). The van der Waals surface area contributed by atoms with Crippen LogP contribution in [0.15, 0.2) is 71.6 Å². The lowest BCUT2D eigenvalue weighted by molar-refractivity contribution is -0.192. The SMILES string of the molecule is Cc1ccc(S(=O)(=O)Nc2ccc(N(C)Cc3ccccc3)c(C(=O)O)c2)c(C)c1.O=C(O)C(F)(F)F. The molecule has 0 amide bonds. The number of aryl methyl sites for hydroxylation is 2. The number of nitrogens with zero attached hydrogens (tertiary/aromatic N) is 1. The van der Waals surface area contributed by atoms with Crippen molar-refractivity contribution in [2.24, 2.45) is 0 Å². The van der Waals surface area contributed by atoms with E-state index in [1.807, 2.05) is 42.2 Å². The number of rotatable bonds is 7. The van der Waals surface area contributed by atoms with Crippen LogP contribution in [0.1, 0.15) is 27.0 Å². The quantitative estimate of drug-likeness (QED) is 0.384. The molecule has 0 atom stereocenters. The average Bonchev–Trinajstić information content (AvgIpc) is 2.78. The van der Waals surface area contributed by atoms with E-state index in [4.69, 9.17) is 9.90 Å². The van der Waals surface area contributed by atoms with Gasteiger partial charge in [0.15, 0.2) is 0 Å². The molecule has 0 aliphatic heterocycles. The zero-order chi connectivity index (χ0) is 28.0. The Morgan fingerprint density at radius 3 is 2.05 bits per heavy atom. The number of nitrogens with one attached hydrogen (secondary N) is 1. The molecule has 0 heterocycles. The smallest absolute Gasteiger partial charge is 0.478 e. The zero-order valence-electron chi connectivity index (χ0n) is 20.1. The second-order valence-corrected chi connectivity index (χ2v) is 9.71. The molecule has 3 rings (SSSR count). The van der Waals surface area contributed by atoms with Gasteiger partial charge in [0.1, 0.15) is 0 Å². The van der Waals surface area contributed by atoms with Crippen molar-refractivity contribution in [1.29, 1.82) is 0 Å². The molecule has 0 fully saturated rings. The summed E-state index contributed by atoms with van der Waals surface area (Å²) in [6.45, 7) is 4.14. The molecule has 0 aliphatic carbocycles. The number of carboxylic acid groups (broad SMARTS) is 2. The Morgan fingerprint density at radius 2 is 1.54 bits per heavy atom. The van der Waals surface area contributed by atoms with Crippen molar-refractivity contribution in [3.8, 4) is 0 Å². The molecule has 198 valence electrons. The minimum absolute atomic E-state index is 0.0225. The van der Waals surface area contributed by atoms with Crippen LogP contribution in [0, 0.1) is 13.8 Å². The first-order valence-corrected chi connectivity index (χ1v) is 12.1. The maximum Gasteiger partial charge on any atom is 0.490 e. The summed E-state index contributed by atoms with van der Waals surface area (Å²) in [5.41, 5.74) is 3.35. The van der Waals surface area contributed by atoms with Crippen molar-refractivity contribution in [3.05, 3.63) is 89.0 Å². The van der Waals surface area contributed by atoms with E-state index in [1.54, 1.807) is 44.3 Å². The number of sulfonamides is 1. The fraction of sp³-hybridized carbons (Fsp3) is 0.200. The van der Waals surface area contributed by atoms with Gasteiger partial charge >= 0.3 is 18.1 Å². The van der Waals surface area contributed by atoms with Crippen LogP contribution >= 0.6 is 0 Å². The molecule has 37 heavy (non-hydrogen) atoms. The van der Waals surface area contributed by atoms with Gasteiger partial charge in [-0.05, 0) is 49.2 Å². The van der Waals surface area contributed by atoms with Gasteiger partial charge in [0, 0.05) is 19.3 Å². The molecule has 0 bridgehead atoms. The molecule has 0 aliphatic rings. The molecule has 0 unspecified atom stereocenters. The van der Waals surface area contributed by atoms with Gasteiger partial charge in [-0.3, -0.25) is 4.72 Å². The van der Waals surface area contributed by atoms with Crippen molar-refractivity contribution >= 4 is 33.3 Å². The van der Waals surface area contributed by atoms with E-state index in [0.29, 0.717) is 17.8 Å². The molecule has 8 nitrogen and oxygen atoms in total. The fourth-order valence-electron chi connectivity index (χ4n) is 3.36. The van der Waals surface area contributed by atoms with Crippen LogP contribution < -0.4 is 9.62 Å². The number of carbonyl (C=O) groups is 2. The van der Waals surface area contributed by atoms with E-state index in [9.17, 15) is 31.5 Å². The van der Waals surface area contributed by atoms with Gasteiger partial charge in [-0.2, -0.15) is 13.2 Å². The second-order valence-electron chi connectivity index (χ2n) is 8.06. The molecule has 0 aromatic heterocycles. The van der Waals surface area contributed by atoms with Gasteiger partial charge < -0.3 is 15.1 Å². The molecule has 3 N–H and O–H groups in total. The Balaban J connectivity index is 0.000000604. The minimum Gasteiger partial charge on any atom is -0.478 e. The monoisotopic (exact) mass is 538 g/mol. The summed E-state index contributed by atoms with van der Waals surface area (Å²) in [6.07, 6.45) is -5.08. The summed E-state index contributed by atoms with van der Waals surface area (Å²) >= 11 is 0. The van der Waals surface area contributed by atoms with E-state index >= 15 is 0 Å². The number of hydrogen-bond donors (Lipinski definition) is 3. The molecule has 12 heteroatoms. The van der Waals surface area contributed by atoms with Crippen molar-refractivity contribution in [2.75, 3.05) is 16.7 Å². The lowest BCUT2D eigenvalue weighted by atomic mass is 10.1. The number of aromatic carboxylic acids is 1. The third-order valence-corrected chi connectivity index (χ3v) is 6.56. The van der Waals surface area contributed by atoms with Crippen LogP contribution in [-0.4, -0.2) is 43.8 Å². The summed E-state index contributed by atoms with van der Waals surface area (Å²) in [7, 11) is -2.04. The molecular formula is C25H25F3N2O6S. The fourth-order valence-corrected chi connectivity index (χ4v) is 4.63. The predicted octanol–water partition coefficient (Wildman–Crippen LogP) is 5.07. The van der Waals surface area contributed by atoms with E-state index in [2.05, 4.69) is 4.72 Å². The Labute approximate surface area is 212 Å². The lowest BCUT2D eigenvalue weighted by Crippen LogP contribution is -2.21. The number of halogens is 3. The van der Waals surface area contributed by atoms with Crippen LogP contribution in [0.3, 0.4) is 0 Å². The Morgan fingerprint density at radius 1 is 0.946 bits per heavy atom. The van der Waals surface area contributed by atoms with Crippen LogP contribution in [0.2, 0.25) is 0 Å². The lowest BCUT2D eigenvalue weighted by Gasteiger charge is -2.22. The summed E-state index contributed by atoms with van der Waals surface area (Å²) in [5.74, 6) is -3.88. The number of hydrogen-bond acceptors (Lipinski definition) is 5. The number of carboxylic acids is 2. The molecule has 3 aromatic rings. The van der Waals surface area contributed by atoms with Crippen molar-refractivity contribution in [3.63, 3.8) is 0 Å². The van der Waals surface area contributed by atoms with Crippen LogP contribution in [-0.2, 0) is 21.4 Å². The third kappa shape index (κ3) is 8.24. The number of benzene rings is 3. The predicted molar refractivity (Wildman–Crippen MR) is 132 cm³/mol. The number of anilines is 2. The molecule has 0 radical (unpaired) electrons. The highest BCUT2D eigenvalue weighted by Gasteiger charge is 2.38. The van der Waals surface area contributed by atoms with Crippen molar-refractivity contribution in [2.45, 2.75) is 31.5 Å². The maximum atomic E-state index is 12.8. The summed E-state index contributed by atoms with van der Waals surface area (Å²) in [6, 6.07) is 19.3. The molecular weight excluding hydrogens is 513 g/mol. The van der Waals surface area contributed by atoms with Gasteiger partial charge in [0.25, 0.3) is 10.0 Å². The summed E-state index contributed by atoms with van der Waals surface area (Å²) in [4.78, 5) is 22.7. The van der Waals surface area contributed by atoms with Crippen LogP contribution in [0.5, 0.6) is 0 Å². The van der Waals surface area contributed by atoms with E-state index in [0.717, 1.165) is 11.1 Å². The van der Waals surface area contributed by atoms with Gasteiger partial charge in [-0.25, -0.2) is 18.0 Å². The number of alkyl halides is 3. The van der Waals surface area contributed by atoms with E-state index in [-0.39, 0.29) is 16.1 Å². The van der Waals surface area contributed by atoms with Gasteiger partial charge in [-0.15, -0.1) is 0 Å². The van der Waals surface area contributed by atoms with Crippen LogP contribution in [0.25, 0.3) is 0 Å².